The average Bonchev–Trinajstić information content (AvgIpc) is 2.83. The van der Waals surface area contributed by atoms with Crippen molar-refractivity contribution in [2.24, 2.45) is 0 Å². The van der Waals surface area contributed by atoms with E-state index in [0.29, 0.717) is 11.6 Å². The van der Waals surface area contributed by atoms with Gasteiger partial charge in [0.15, 0.2) is 0 Å². The molecule has 1 amide bonds. The number of unbranched alkanes of at least 4 members (excludes halogenated alkanes) is 1. The normalized spacial score (nSPS) is 14.1. The van der Waals surface area contributed by atoms with Gasteiger partial charge in [-0.3, -0.25) is 4.90 Å². The van der Waals surface area contributed by atoms with E-state index in [1.807, 2.05) is 43.3 Å². The highest BCUT2D eigenvalue weighted by Gasteiger charge is 2.21. The first-order valence-electron chi connectivity index (χ1n) is 11.5. The molecule has 2 aromatic carbocycles. The van der Waals surface area contributed by atoms with Crippen molar-refractivity contribution in [3.05, 3.63) is 41.4 Å². The van der Waals surface area contributed by atoms with Gasteiger partial charge in [0.25, 0.3) is 0 Å². The van der Waals surface area contributed by atoms with Crippen LogP contribution in [0, 0.1) is 0 Å². The zero-order valence-corrected chi connectivity index (χ0v) is 21.3. The van der Waals surface area contributed by atoms with E-state index in [4.69, 9.17) is 26.1 Å². The van der Waals surface area contributed by atoms with Crippen LogP contribution in [-0.4, -0.2) is 73.9 Å². The van der Waals surface area contributed by atoms with Crippen LogP contribution >= 0.6 is 24.0 Å². The highest BCUT2D eigenvalue weighted by molar-refractivity contribution is 6.31. The number of fused-ring (bicyclic) bond motifs is 2. The van der Waals surface area contributed by atoms with Gasteiger partial charge in [0.2, 0.25) is 0 Å². The number of benzene rings is 2. The maximum absolute atomic E-state index is 11.8. The summed E-state index contributed by atoms with van der Waals surface area (Å²) in [6.45, 7) is 7.40. The summed E-state index contributed by atoms with van der Waals surface area (Å²) >= 11 is 6.22. The minimum atomic E-state index is -0.198. The molecule has 1 fully saturated rings. The van der Waals surface area contributed by atoms with E-state index in [1.54, 1.807) is 12.0 Å². The molecular formula is C25H32Cl2N4O3. The van der Waals surface area contributed by atoms with Crippen LogP contribution in [0.2, 0.25) is 5.02 Å². The molecule has 0 bridgehead atoms. The van der Waals surface area contributed by atoms with Crippen LogP contribution in [0.25, 0.3) is 21.8 Å². The summed E-state index contributed by atoms with van der Waals surface area (Å²) in [6, 6.07) is 11.8. The number of methoxy groups -OCH3 is 1. The lowest BCUT2D eigenvalue weighted by molar-refractivity contribution is 0.0793. The molecule has 0 atom stereocenters. The Bertz CT molecular complexity index is 1120. The van der Waals surface area contributed by atoms with Crippen molar-refractivity contribution in [2.45, 2.75) is 19.8 Å². The highest BCUT2D eigenvalue weighted by atomic mass is 35.5. The molecule has 1 aromatic heterocycles. The van der Waals surface area contributed by atoms with Gasteiger partial charge in [-0.2, -0.15) is 0 Å². The van der Waals surface area contributed by atoms with Gasteiger partial charge < -0.3 is 19.7 Å². The first kappa shape index (κ1) is 26.1. The fraction of sp³-hybridized carbons (Fsp3) is 0.440. The SMILES string of the molecule is CCOC(=O)N1CCN(CCCCNc2c3ccc(Cl)cc3nc3ccc(OC)cc23)CC1.Cl. The molecule has 0 radical (unpaired) electrons. The monoisotopic (exact) mass is 506 g/mol. The van der Waals surface area contributed by atoms with Crippen molar-refractivity contribution >= 4 is 57.6 Å². The lowest BCUT2D eigenvalue weighted by Gasteiger charge is -2.34. The molecule has 0 aliphatic carbocycles. The standard InChI is InChI=1S/C25H31ClN4O3.ClH/c1-3-33-25(31)30-14-12-29(13-15-30)11-5-4-10-27-24-20-8-6-18(26)16-23(20)28-22-9-7-19(32-2)17-21(22)24;/h6-9,16-17H,3-5,10-15H2,1-2H3,(H,27,28);1H. The van der Waals surface area contributed by atoms with Crippen molar-refractivity contribution < 1.29 is 14.3 Å². The number of rotatable bonds is 8. The van der Waals surface area contributed by atoms with Crippen molar-refractivity contribution in [1.82, 2.24) is 14.8 Å². The van der Waals surface area contributed by atoms with Gasteiger partial charge in [-0.15, -0.1) is 12.4 Å². The molecule has 3 aromatic rings. The average molecular weight is 507 g/mol. The summed E-state index contributed by atoms with van der Waals surface area (Å²) in [5, 5.41) is 6.42. The summed E-state index contributed by atoms with van der Waals surface area (Å²) in [7, 11) is 1.68. The fourth-order valence-electron chi connectivity index (χ4n) is 4.26. The number of ether oxygens (including phenoxy) is 2. The van der Waals surface area contributed by atoms with E-state index in [9.17, 15) is 4.79 Å². The molecule has 9 heteroatoms. The van der Waals surface area contributed by atoms with Gasteiger partial charge in [0, 0.05) is 48.5 Å². The Morgan fingerprint density at radius 2 is 1.85 bits per heavy atom. The lowest BCUT2D eigenvalue weighted by Crippen LogP contribution is -2.49. The number of hydrogen-bond acceptors (Lipinski definition) is 6. The summed E-state index contributed by atoms with van der Waals surface area (Å²) in [4.78, 5) is 20.8. The van der Waals surface area contributed by atoms with Crippen molar-refractivity contribution in [3.8, 4) is 5.75 Å². The van der Waals surface area contributed by atoms with Crippen LogP contribution in [0.4, 0.5) is 10.5 Å². The molecule has 0 saturated carbocycles. The van der Waals surface area contributed by atoms with Gasteiger partial charge in [0.1, 0.15) is 5.75 Å². The van der Waals surface area contributed by atoms with Crippen molar-refractivity contribution in [3.63, 3.8) is 0 Å². The highest BCUT2D eigenvalue weighted by Crippen LogP contribution is 2.34. The van der Waals surface area contributed by atoms with E-state index in [1.165, 1.54) is 0 Å². The number of carbonyl (C=O) groups is 1. The topological polar surface area (TPSA) is 66.9 Å². The van der Waals surface area contributed by atoms with E-state index in [-0.39, 0.29) is 18.5 Å². The number of halogens is 2. The van der Waals surface area contributed by atoms with Crippen LogP contribution in [0.3, 0.4) is 0 Å². The first-order chi connectivity index (χ1) is 16.1. The van der Waals surface area contributed by atoms with Crippen LogP contribution in [0.15, 0.2) is 36.4 Å². The second-order valence-electron chi connectivity index (χ2n) is 8.19. The number of anilines is 1. The van der Waals surface area contributed by atoms with Gasteiger partial charge in [-0.1, -0.05) is 11.6 Å². The molecule has 0 unspecified atom stereocenters. The molecular weight excluding hydrogens is 475 g/mol. The largest absolute Gasteiger partial charge is 0.497 e. The van der Waals surface area contributed by atoms with E-state index < -0.39 is 0 Å². The molecule has 2 heterocycles. The summed E-state index contributed by atoms with van der Waals surface area (Å²) in [5.74, 6) is 0.808. The number of nitrogens with one attached hydrogen (secondary N) is 1. The van der Waals surface area contributed by atoms with Gasteiger partial charge in [-0.05, 0) is 62.7 Å². The van der Waals surface area contributed by atoms with Gasteiger partial charge in [0.05, 0.1) is 30.4 Å². The maximum Gasteiger partial charge on any atom is 0.409 e. The van der Waals surface area contributed by atoms with Crippen molar-refractivity contribution in [1.29, 1.82) is 0 Å². The number of amides is 1. The van der Waals surface area contributed by atoms with Crippen molar-refractivity contribution in [2.75, 3.05) is 58.3 Å². The predicted octanol–water partition coefficient (Wildman–Crippen LogP) is 5.44. The predicted molar refractivity (Wildman–Crippen MR) is 141 cm³/mol. The van der Waals surface area contributed by atoms with Crippen LogP contribution in [-0.2, 0) is 4.74 Å². The van der Waals surface area contributed by atoms with E-state index >= 15 is 0 Å². The Hall–Kier alpha value is -2.48. The molecule has 1 N–H and O–H groups in total. The zero-order chi connectivity index (χ0) is 23.2. The summed E-state index contributed by atoms with van der Waals surface area (Å²) in [6.07, 6.45) is 1.93. The Morgan fingerprint density at radius 1 is 1.06 bits per heavy atom. The van der Waals surface area contributed by atoms with Crippen LogP contribution in [0.1, 0.15) is 19.8 Å². The zero-order valence-electron chi connectivity index (χ0n) is 19.7. The fourth-order valence-corrected chi connectivity index (χ4v) is 4.42. The number of piperazine rings is 1. The number of pyridine rings is 1. The molecule has 184 valence electrons. The lowest BCUT2D eigenvalue weighted by atomic mass is 10.1. The minimum Gasteiger partial charge on any atom is -0.497 e. The van der Waals surface area contributed by atoms with Gasteiger partial charge >= 0.3 is 6.09 Å². The molecule has 1 aliphatic rings. The third-order valence-corrected chi connectivity index (χ3v) is 6.28. The molecule has 0 spiro atoms. The number of carbonyl (C=O) groups excluding carboxylic acids is 1. The van der Waals surface area contributed by atoms with Crippen LogP contribution < -0.4 is 10.1 Å². The second kappa shape index (κ2) is 12.3. The Balaban J connectivity index is 0.00000324. The molecule has 4 rings (SSSR count). The smallest absolute Gasteiger partial charge is 0.409 e. The van der Waals surface area contributed by atoms with Gasteiger partial charge in [-0.25, -0.2) is 9.78 Å². The third-order valence-electron chi connectivity index (χ3n) is 6.04. The second-order valence-corrected chi connectivity index (χ2v) is 8.63. The number of aromatic nitrogens is 1. The Morgan fingerprint density at radius 3 is 2.59 bits per heavy atom. The summed E-state index contributed by atoms with van der Waals surface area (Å²) < 4.78 is 10.5. The quantitative estimate of drug-likeness (QED) is 0.324. The minimum absolute atomic E-state index is 0. The molecule has 1 aliphatic heterocycles. The van der Waals surface area contributed by atoms with Crippen LogP contribution in [0.5, 0.6) is 5.75 Å². The first-order valence-corrected chi connectivity index (χ1v) is 11.9. The number of nitrogens with zero attached hydrogens (tertiary/aromatic N) is 3. The maximum atomic E-state index is 11.8. The molecule has 7 nitrogen and oxygen atoms in total. The molecule has 34 heavy (non-hydrogen) atoms. The Kier molecular flexibility index (Phi) is 9.45. The van der Waals surface area contributed by atoms with E-state index in [0.717, 1.165) is 85.4 Å². The Labute approximate surface area is 211 Å². The summed E-state index contributed by atoms with van der Waals surface area (Å²) in [5.41, 5.74) is 2.85. The van der Waals surface area contributed by atoms with E-state index in [2.05, 4.69) is 10.2 Å². The number of hydrogen-bond donors (Lipinski definition) is 1. The third kappa shape index (κ3) is 6.14. The molecule has 1 saturated heterocycles.